The zero-order valence-corrected chi connectivity index (χ0v) is 15.6. The molecule has 2 fully saturated rings. The number of thiophene rings is 1. The van der Waals surface area contributed by atoms with Gasteiger partial charge in [0.2, 0.25) is 5.91 Å². The van der Waals surface area contributed by atoms with E-state index in [2.05, 4.69) is 13.8 Å². The summed E-state index contributed by atoms with van der Waals surface area (Å²) in [5.41, 5.74) is 0.744. The lowest BCUT2D eigenvalue weighted by Crippen LogP contribution is -2.40. The van der Waals surface area contributed by atoms with Gasteiger partial charge in [0.25, 0.3) is 5.91 Å². The van der Waals surface area contributed by atoms with Crippen molar-refractivity contribution < 1.29 is 9.59 Å². The van der Waals surface area contributed by atoms with Crippen molar-refractivity contribution in [3.05, 3.63) is 21.9 Å². The molecular formula is C19H28N2O2S. The molecule has 2 amide bonds. The van der Waals surface area contributed by atoms with Gasteiger partial charge in [0.1, 0.15) is 0 Å². The zero-order chi connectivity index (χ0) is 17.1. The van der Waals surface area contributed by atoms with Crippen LogP contribution in [0.3, 0.4) is 0 Å². The van der Waals surface area contributed by atoms with Crippen molar-refractivity contribution in [3.63, 3.8) is 0 Å². The third kappa shape index (κ3) is 4.00. The Balaban J connectivity index is 1.62. The molecule has 1 aromatic rings. The second-order valence-corrected chi connectivity index (χ2v) is 8.47. The molecule has 0 atom stereocenters. The molecule has 3 rings (SSSR count). The first-order valence-corrected chi connectivity index (χ1v) is 10.1. The topological polar surface area (TPSA) is 40.6 Å². The number of hydrogen-bond donors (Lipinski definition) is 0. The molecule has 5 heteroatoms. The van der Waals surface area contributed by atoms with Crippen LogP contribution in [0.15, 0.2) is 11.4 Å². The van der Waals surface area contributed by atoms with E-state index in [0.29, 0.717) is 12.3 Å². The molecular weight excluding hydrogens is 320 g/mol. The van der Waals surface area contributed by atoms with E-state index in [-0.39, 0.29) is 11.8 Å². The molecule has 132 valence electrons. The highest BCUT2D eigenvalue weighted by atomic mass is 32.1. The average molecular weight is 349 g/mol. The van der Waals surface area contributed by atoms with Gasteiger partial charge in [0, 0.05) is 31.1 Å². The van der Waals surface area contributed by atoms with Crippen LogP contribution in [-0.4, -0.2) is 47.8 Å². The summed E-state index contributed by atoms with van der Waals surface area (Å²) in [5, 5.41) is 1.95. The van der Waals surface area contributed by atoms with Crippen LogP contribution in [0.5, 0.6) is 0 Å². The Bertz CT molecular complexity index is 582. The van der Waals surface area contributed by atoms with Gasteiger partial charge in [-0.3, -0.25) is 9.59 Å². The van der Waals surface area contributed by atoms with Gasteiger partial charge < -0.3 is 9.80 Å². The largest absolute Gasteiger partial charge is 0.342 e. The van der Waals surface area contributed by atoms with Gasteiger partial charge in [0.15, 0.2) is 0 Å². The van der Waals surface area contributed by atoms with Crippen molar-refractivity contribution in [2.45, 2.75) is 46.0 Å². The van der Waals surface area contributed by atoms with Crippen molar-refractivity contribution in [1.29, 1.82) is 0 Å². The van der Waals surface area contributed by atoms with Gasteiger partial charge in [-0.25, -0.2) is 0 Å². The third-order valence-electron chi connectivity index (χ3n) is 5.49. The maximum atomic E-state index is 12.8. The number of carbonyl (C=O) groups excluding carboxylic acids is 2. The van der Waals surface area contributed by atoms with Gasteiger partial charge in [0.05, 0.1) is 12.0 Å². The van der Waals surface area contributed by atoms with E-state index < -0.39 is 0 Å². The Morgan fingerprint density at radius 2 is 1.54 bits per heavy atom. The van der Waals surface area contributed by atoms with Gasteiger partial charge in [-0.05, 0) is 49.0 Å². The lowest BCUT2D eigenvalue weighted by Gasteiger charge is -2.31. The summed E-state index contributed by atoms with van der Waals surface area (Å²) < 4.78 is 0. The SMILES string of the molecule is CC1CCN(C(=O)Cc2sccc2C(=O)N2CCC(C)CC2)CC1. The first-order valence-electron chi connectivity index (χ1n) is 9.18. The molecule has 0 radical (unpaired) electrons. The number of likely N-dealkylation sites (tertiary alicyclic amines) is 2. The second-order valence-electron chi connectivity index (χ2n) is 7.47. The Hall–Kier alpha value is -1.36. The summed E-state index contributed by atoms with van der Waals surface area (Å²) in [6.45, 7) is 7.89. The van der Waals surface area contributed by atoms with Crippen LogP contribution in [0.2, 0.25) is 0 Å². The Morgan fingerprint density at radius 3 is 2.12 bits per heavy atom. The van der Waals surface area contributed by atoms with Crippen LogP contribution in [0, 0.1) is 11.8 Å². The van der Waals surface area contributed by atoms with Crippen molar-refractivity contribution in [1.82, 2.24) is 9.80 Å². The fourth-order valence-electron chi connectivity index (χ4n) is 3.56. The molecule has 2 saturated heterocycles. The molecule has 24 heavy (non-hydrogen) atoms. The summed E-state index contributed by atoms with van der Waals surface area (Å²) in [5.74, 6) is 1.71. The predicted octanol–water partition coefficient (Wildman–Crippen LogP) is 3.42. The van der Waals surface area contributed by atoms with Gasteiger partial charge >= 0.3 is 0 Å². The molecule has 1 aromatic heterocycles. The highest BCUT2D eigenvalue weighted by Gasteiger charge is 2.26. The van der Waals surface area contributed by atoms with Crippen LogP contribution in [0.4, 0.5) is 0 Å². The molecule has 0 spiro atoms. The fourth-order valence-corrected chi connectivity index (χ4v) is 4.41. The van der Waals surface area contributed by atoms with Crippen LogP contribution in [0.25, 0.3) is 0 Å². The molecule has 2 aliphatic rings. The average Bonchev–Trinajstić information content (AvgIpc) is 3.03. The first kappa shape index (κ1) is 17.5. The molecule has 4 nitrogen and oxygen atoms in total. The van der Waals surface area contributed by atoms with Crippen molar-refractivity contribution >= 4 is 23.2 Å². The highest BCUT2D eigenvalue weighted by molar-refractivity contribution is 7.10. The zero-order valence-electron chi connectivity index (χ0n) is 14.8. The number of nitrogens with zero attached hydrogens (tertiary/aromatic N) is 2. The standard InChI is InChI=1S/C19H28N2O2S/c1-14-3-8-20(9-4-14)18(22)13-17-16(7-12-24-17)19(23)21-10-5-15(2)6-11-21/h7,12,14-15H,3-6,8-11,13H2,1-2H3. The van der Waals surface area contributed by atoms with Crippen LogP contribution in [-0.2, 0) is 11.2 Å². The van der Waals surface area contributed by atoms with Crippen molar-refractivity contribution in [2.24, 2.45) is 11.8 Å². The maximum absolute atomic E-state index is 12.8. The van der Waals surface area contributed by atoms with Crippen LogP contribution in [0.1, 0.15) is 54.8 Å². The Morgan fingerprint density at radius 1 is 1.00 bits per heavy atom. The minimum absolute atomic E-state index is 0.109. The molecule has 0 aromatic carbocycles. The third-order valence-corrected chi connectivity index (χ3v) is 6.42. The monoisotopic (exact) mass is 348 g/mol. The van der Waals surface area contributed by atoms with Gasteiger partial charge in [-0.2, -0.15) is 0 Å². The van der Waals surface area contributed by atoms with Crippen molar-refractivity contribution in [2.75, 3.05) is 26.2 Å². The van der Waals surface area contributed by atoms with E-state index >= 15 is 0 Å². The fraction of sp³-hybridized carbons (Fsp3) is 0.684. The highest BCUT2D eigenvalue weighted by Crippen LogP contribution is 2.24. The molecule has 0 bridgehead atoms. The van der Waals surface area contributed by atoms with Gasteiger partial charge in [-0.15, -0.1) is 11.3 Å². The minimum Gasteiger partial charge on any atom is -0.342 e. The molecule has 3 heterocycles. The van der Waals surface area contributed by atoms with Crippen molar-refractivity contribution in [3.8, 4) is 0 Å². The summed E-state index contributed by atoms with van der Waals surface area (Å²) in [4.78, 5) is 30.2. The minimum atomic E-state index is 0.109. The Kier molecular flexibility index (Phi) is 5.59. The number of carbonyl (C=O) groups is 2. The molecule has 2 aliphatic heterocycles. The van der Waals surface area contributed by atoms with E-state index in [9.17, 15) is 9.59 Å². The summed E-state index contributed by atoms with van der Waals surface area (Å²) in [6.07, 6.45) is 4.71. The molecule has 0 N–H and O–H groups in total. The number of amides is 2. The lowest BCUT2D eigenvalue weighted by atomic mass is 9.98. The van der Waals surface area contributed by atoms with E-state index in [1.165, 1.54) is 0 Å². The van der Waals surface area contributed by atoms with E-state index in [1.807, 2.05) is 21.2 Å². The number of piperidine rings is 2. The van der Waals surface area contributed by atoms with Gasteiger partial charge in [-0.1, -0.05) is 13.8 Å². The Labute approximate surface area is 148 Å². The summed E-state index contributed by atoms with van der Waals surface area (Å²) >= 11 is 1.54. The maximum Gasteiger partial charge on any atom is 0.254 e. The van der Waals surface area contributed by atoms with E-state index in [4.69, 9.17) is 0 Å². The smallest absolute Gasteiger partial charge is 0.254 e. The number of rotatable bonds is 3. The molecule has 0 saturated carbocycles. The summed E-state index contributed by atoms with van der Waals surface area (Å²) in [6, 6.07) is 1.89. The van der Waals surface area contributed by atoms with E-state index in [0.717, 1.165) is 68.2 Å². The van der Waals surface area contributed by atoms with Crippen LogP contribution < -0.4 is 0 Å². The quantitative estimate of drug-likeness (QED) is 0.840. The van der Waals surface area contributed by atoms with Crippen LogP contribution >= 0.6 is 11.3 Å². The molecule has 0 aliphatic carbocycles. The molecule has 0 unspecified atom stereocenters. The normalized spacial score (nSPS) is 20.4. The van der Waals surface area contributed by atoms with E-state index in [1.54, 1.807) is 11.3 Å². The second kappa shape index (κ2) is 7.68. The number of hydrogen-bond acceptors (Lipinski definition) is 3. The summed E-state index contributed by atoms with van der Waals surface area (Å²) in [7, 11) is 0. The lowest BCUT2D eigenvalue weighted by molar-refractivity contribution is -0.131. The predicted molar refractivity (Wildman–Crippen MR) is 97.3 cm³/mol. The first-order chi connectivity index (χ1) is 11.5.